The summed E-state index contributed by atoms with van der Waals surface area (Å²) >= 11 is 0. The van der Waals surface area contributed by atoms with Gasteiger partial charge in [0.2, 0.25) is 6.08 Å². The molecule has 3 unspecified atom stereocenters. The smallest absolute Gasteiger partial charge is 0.211 e. The Balaban J connectivity index is 2.07. The second kappa shape index (κ2) is 1.91. The van der Waals surface area contributed by atoms with E-state index in [9.17, 15) is 4.79 Å². The van der Waals surface area contributed by atoms with Gasteiger partial charge in [0.25, 0.3) is 0 Å². The number of hydrogen-bond acceptors (Lipinski definition) is 2. The second-order valence-electron chi connectivity index (χ2n) is 3.97. The molecule has 0 N–H and O–H groups in total. The molecule has 3 aliphatic rings. The highest BCUT2D eigenvalue weighted by Gasteiger charge is 2.65. The monoisotopic (exact) mass is 171 g/mol. The molecular formula is C11H9NO. The second-order valence-corrected chi connectivity index (χ2v) is 3.97. The molecule has 0 heterocycles. The van der Waals surface area contributed by atoms with E-state index in [1.165, 1.54) is 0 Å². The van der Waals surface area contributed by atoms with Crippen LogP contribution in [0.15, 0.2) is 41.4 Å². The van der Waals surface area contributed by atoms with Crippen molar-refractivity contribution in [3.63, 3.8) is 0 Å². The Morgan fingerprint density at radius 3 is 2.69 bits per heavy atom. The van der Waals surface area contributed by atoms with Crippen LogP contribution in [0, 0.1) is 10.8 Å². The molecule has 0 spiro atoms. The zero-order valence-electron chi connectivity index (χ0n) is 7.10. The van der Waals surface area contributed by atoms with Crippen LogP contribution in [0.2, 0.25) is 0 Å². The van der Waals surface area contributed by atoms with Crippen molar-refractivity contribution in [1.29, 1.82) is 0 Å². The summed E-state index contributed by atoms with van der Waals surface area (Å²) in [6.07, 6.45) is 15.5. The standard InChI is InChI=1S/C11H9NO/c13-8-12-9-7-10-3-1-2-4-11(9,10)6-5-10/h1-6,9H,7H2. The molecule has 3 atom stereocenters. The SMILES string of the molecule is O=C=NC1CC23C=CC=CC12C=C3. The topological polar surface area (TPSA) is 29.4 Å². The average Bonchev–Trinajstić information content (AvgIpc) is 2.08. The number of rotatable bonds is 1. The van der Waals surface area contributed by atoms with Gasteiger partial charge < -0.3 is 0 Å². The minimum absolute atomic E-state index is 0.0269. The van der Waals surface area contributed by atoms with E-state index >= 15 is 0 Å². The first kappa shape index (κ1) is 7.05. The van der Waals surface area contributed by atoms with Crippen LogP contribution in [0.1, 0.15) is 6.42 Å². The molecule has 2 nitrogen and oxygen atoms in total. The molecule has 2 heteroatoms. The van der Waals surface area contributed by atoms with Crippen molar-refractivity contribution in [2.45, 2.75) is 12.5 Å². The summed E-state index contributed by atoms with van der Waals surface area (Å²) in [4.78, 5) is 14.0. The van der Waals surface area contributed by atoms with E-state index in [2.05, 4.69) is 35.4 Å². The summed E-state index contributed by atoms with van der Waals surface area (Å²) < 4.78 is 0. The zero-order chi connectivity index (χ0) is 8.94. The molecule has 0 aromatic rings. The lowest BCUT2D eigenvalue weighted by molar-refractivity contribution is 0.0343. The molecule has 0 bridgehead atoms. The molecule has 0 radical (unpaired) electrons. The Labute approximate surface area is 76.4 Å². The predicted octanol–water partition coefficient (Wildman–Crippen LogP) is 1.76. The fourth-order valence-electron chi connectivity index (χ4n) is 2.76. The molecule has 1 fully saturated rings. The summed E-state index contributed by atoms with van der Waals surface area (Å²) in [5.41, 5.74) is 0.214. The molecule has 0 aromatic heterocycles. The Hall–Kier alpha value is -1.40. The van der Waals surface area contributed by atoms with Crippen LogP contribution in [0.3, 0.4) is 0 Å². The largest absolute Gasteiger partial charge is 0.235 e. The molecule has 0 aliphatic heterocycles. The van der Waals surface area contributed by atoms with E-state index in [0.29, 0.717) is 0 Å². The summed E-state index contributed by atoms with van der Waals surface area (Å²) in [7, 11) is 0. The van der Waals surface area contributed by atoms with Crippen molar-refractivity contribution in [2.24, 2.45) is 15.8 Å². The van der Waals surface area contributed by atoms with E-state index < -0.39 is 0 Å². The summed E-state index contributed by atoms with van der Waals surface area (Å²) in [5, 5.41) is 0. The van der Waals surface area contributed by atoms with E-state index in [0.717, 1.165) is 6.42 Å². The van der Waals surface area contributed by atoms with Gasteiger partial charge in [-0.3, -0.25) is 0 Å². The fourth-order valence-corrected chi connectivity index (χ4v) is 2.76. The molecule has 0 saturated heterocycles. The Bertz CT molecular complexity index is 400. The first-order valence-electron chi connectivity index (χ1n) is 4.47. The van der Waals surface area contributed by atoms with Gasteiger partial charge in [-0.2, -0.15) is 0 Å². The number of carbonyl (C=O) groups excluding carboxylic acids is 1. The lowest BCUT2D eigenvalue weighted by Crippen LogP contribution is -2.62. The third-order valence-electron chi connectivity index (χ3n) is 3.63. The lowest BCUT2D eigenvalue weighted by atomic mass is 9.39. The molecule has 3 aliphatic carbocycles. The van der Waals surface area contributed by atoms with Gasteiger partial charge in [-0.15, -0.1) is 0 Å². The van der Waals surface area contributed by atoms with Gasteiger partial charge in [0.1, 0.15) is 0 Å². The third-order valence-corrected chi connectivity index (χ3v) is 3.63. The van der Waals surface area contributed by atoms with E-state index in [1.807, 2.05) is 6.08 Å². The summed E-state index contributed by atoms with van der Waals surface area (Å²) in [6.45, 7) is 0. The number of nitrogens with zero attached hydrogens (tertiary/aromatic N) is 1. The van der Waals surface area contributed by atoms with Gasteiger partial charge in [-0.1, -0.05) is 36.5 Å². The van der Waals surface area contributed by atoms with Crippen molar-refractivity contribution in [3.8, 4) is 0 Å². The number of aliphatic imine (C=N–C) groups is 1. The first-order valence-corrected chi connectivity index (χ1v) is 4.47. The fraction of sp³-hybridized carbons (Fsp3) is 0.364. The molecule has 64 valence electrons. The van der Waals surface area contributed by atoms with Crippen molar-refractivity contribution in [1.82, 2.24) is 0 Å². The number of hydrogen-bond donors (Lipinski definition) is 0. The average molecular weight is 171 g/mol. The van der Waals surface area contributed by atoms with Gasteiger partial charge in [-0.25, -0.2) is 9.79 Å². The number of allylic oxidation sites excluding steroid dienone is 4. The maximum atomic E-state index is 10.2. The first-order chi connectivity index (χ1) is 6.33. The third kappa shape index (κ3) is 0.555. The van der Waals surface area contributed by atoms with Crippen LogP contribution in [0.5, 0.6) is 0 Å². The quantitative estimate of drug-likeness (QED) is 0.336. The molecule has 0 amide bonds. The van der Waals surface area contributed by atoms with Gasteiger partial charge in [0.15, 0.2) is 0 Å². The molecule has 0 aromatic carbocycles. The maximum Gasteiger partial charge on any atom is 0.235 e. The predicted molar refractivity (Wildman–Crippen MR) is 48.8 cm³/mol. The minimum atomic E-state index is 0.0269. The van der Waals surface area contributed by atoms with Crippen LogP contribution in [-0.4, -0.2) is 12.1 Å². The normalized spacial score (nSPS) is 48.2. The van der Waals surface area contributed by atoms with Crippen LogP contribution in [0.25, 0.3) is 0 Å². The van der Waals surface area contributed by atoms with Gasteiger partial charge in [0.05, 0.1) is 6.04 Å². The van der Waals surface area contributed by atoms with E-state index in [4.69, 9.17) is 0 Å². The Kier molecular flexibility index (Phi) is 1.04. The summed E-state index contributed by atoms with van der Waals surface area (Å²) in [6, 6.07) is 0.121. The van der Waals surface area contributed by atoms with Crippen molar-refractivity contribution >= 4 is 6.08 Å². The maximum absolute atomic E-state index is 10.2. The molecular weight excluding hydrogens is 162 g/mol. The van der Waals surface area contributed by atoms with Crippen LogP contribution < -0.4 is 0 Å². The van der Waals surface area contributed by atoms with Crippen LogP contribution in [-0.2, 0) is 4.79 Å². The lowest BCUT2D eigenvalue weighted by Gasteiger charge is -2.64. The highest BCUT2D eigenvalue weighted by Crippen LogP contribution is 2.68. The number of isocyanates is 1. The van der Waals surface area contributed by atoms with Crippen molar-refractivity contribution in [3.05, 3.63) is 36.5 Å². The van der Waals surface area contributed by atoms with E-state index in [1.54, 1.807) is 6.08 Å². The minimum Gasteiger partial charge on any atom is -0.211 e. The van der Waals surface area contributed by atoms with E-state index in [-0.39, 0.29) is 16.9 Å². The van der Waals surface area contributed by atoms with Gasteiger partial charge in [-0.05, 0) is 6.42 Å². The highest BCUT2D eigenvalue weighted by atomic mass is 16.1. The Morgan fingerprint density at radius 2 is 2.08 bits per heavy atom. The van der Waals surface area contributed by atoms with Crippen LogP contribution in [0.4, 0.5) is 0 Å². The van der Waals surface area contributed by atoms with Crippen molar-refractivity contribution in [2.75, 3.05) is 0 Å². The van der Waals surface area contributed by atoms with Crippen LogP contribution >= 0.6 is 0 Å². The Morgan fingerprint density at radius 1 is 1.23 bits per heavy atom. The molecule has 13 heavy (non-hydrogen) atoms. The molecule has 1 saturated carbocycles. The van der Waals surface area contributed by atoms with Gasteiger partial charge in [0, 0.05) is 10.8 Å². The zero-order valence-corrected chi connectivity index (χ0v) is 7.10. The highest BCUT2D eigenvalue weighted by molar-refractivity contribution is 5.52. The summed E-state index contributed by atoms with van der Waals surface area (Å²) in [5.74, 6) is 0. The molecule has 3 rings (SSSR count). The van der Waals surface area contributed by atoms with Crippen molar-refractivity contribution < 1.29 is 4.79 Å². The van der Waals surface area contributed by atoms with Gasteiger partial charge >= 0.3 is 0 Å².